The third kappa shape index (κ3) is 2.85. The molecule has 19 heavy (non-hydrogen) atoms. The Morgan fingerprint density at radius 1 is 1.47 bits per heavy atom. The lowest BCUT2D eigenvalue weighted by Gasteiger charge is -2.16. The predicted octanol–water partition coefficient (Wildman–Crippen LogP) is 0.0336. The summed E-state index contributed by atoms with van der Waals surface area (Å²) in [7, 11) is 1.61. The minimum Gasteiger partial charge on any atom is -0.497 e. The maximum Gasteiger partial charge on any atom is 0.246 e. The highest BCUT2D eigenvalue weighted by molar-refractivity contribution is 6.01. The van der Waals surface area contributed by atoms with Crippen LogP contribution in [-0.4, -0.2) is 30.4 Å². The largest absolute Gasteiger partial charge is 0.497 e. The number of hydrogen-bond acceptors (Lipinski definition) is 4. The zero-order chi connectivity index (χ0) is 13.8. The molecule has 0 bridgehead atoms. The second-order valence-corrected chi connectivity index (χ2v) is 4.46. The number of rotatable bonds is 4. The molecule has 0 aromatic heterocycles. The van der Waals surface area contributed by atoms with Gasteiger partial charge in [0.15, 0.2) is 0 Å². The van der Waals surface area contributed by atoms with Crippen molar-refractivity contribution in [1.82, 2.24) is 10.3 Å². The van der Waals surface area contributed by atoms with Gasteiger partial charge in [-0.3, -0.25) is 15.0 Å². The number of ether oxygens (including phenoxy) is 1. The lowest BCUT2D eigenvalue weighted by Crippen LogP contribution is -2.39. The summed E-state index contributed by atoms with van der Waals surface area (Å²) in [5.74, 6) is 4.60. The number of amides is 2. The molecule has 3 N–H and O–H groups in total. The molecule has 1 saturated heterocycles. The number of benzene rings is 1. The molecule has 1 aromatic carbocycles. The summed E-state index contributed by atoms with van der Waals surface area (Å²) >= 11 is 0. The van der Waals surface area contributed by atoms with Crippen molar-refractivity contribution >= 4 is 11.8 Å². The molecule has 0 spiro atoms. The molecule has 0 aliphatic carbocycles. The van der Waals surface area contributed by atoms with Crippen LogP contribution in [-0.2, 0) is 16.1 Å². The highest BCUT2D eigenvalue weighted by Gasteiger charge is 2.36. The smallest absolute Gasteiger partial charge is 0.246 e. The summed E-state index contributed by atoms with van der Waals surface area (Å²) in [5, 5.41) is 0. The van der Waals surface area contributed by atoms with Gasteiger partial charge in [0.05, 0.1) is 7.11 Å². The van der Waals surface area contributed by atoms with Crippen molar-refractivity contribution in [3.05, 3.63) is 29.8 Å². The number of nitrogens with two attached hydrogens (primary N) is 1. The van der Waals surface area contributed by atoms with E-state index in [-0.39, 0.29) is 5.91 Å². The van der Waals surface area contributed by atoms with Crippen molar-refractivity contribution in [2.24, 2.45) is 11.8 Å². The molecule has 1 unspecified atom stereocenters. The van der Waals surface area contributed by atoms with Crippen LogP contribution in [0.25, 0.3) is 0 Å². The summed E-state index contributed by atoms with van der Waals surface area (Å²) in [6.45, 7) is 1.07. The number of nitrogens with one attached hydrogen (secondary N) is 1. The number of carbonyl (C=O) groups is 2. The molecular formula is C13H17N3O3. The second kappa shape index (κ2) is 5.71. The molecule has 0 radical (unpaired) electrons. The summed E-state index contributed by atoms with van der Waals surface area (Å²) in [4.78, 5) is 25.1. The van der Waals surface area contributed by atoms with Gasteiger partial charge in [-0.15, -0.1) is 0 Å². The van der Waals surface area contributed by atoms with Crippen LogP contribution in [0.5, 0.6) is 5.75 Å². The quantitative estimate of drug-likeness (QED) is 0.347. The van der Waals surface area contributed by atoms with Crippen molar-refractivity contribution in [3.8, 4) is 5.75 Å². The Balaban J connectivity index is 2.00. The van der Waals surface area contributed by atoms with Crippen molar-refractivity contribution < 1.29 is 14.3 Å². The second-order valence-electron chi connectivity index (χ2n) is 4.46. The van der Waals surface area contributed by atoms with Gasteiger partial charge in [-0.25, -0.2) is 5.84 Å². The highest BCUT2D eigenvalue weighted by Crippen LogP contribution is 2.21. The van der Waals surface area contributed by atoms with Crippen LogP contribution in [0.3, 0.4) is 0 Å². The fourth-order valence-corrected chi connectivity index (χ4v) is 2.19. The Morgan fingerprint density at radius 3 is 2.74 bits per heavy atom. The van der Waals surface area contributed by atoms with E-state index in [2.05, 4.69) is 0 Å². The van der Waals surface area contributed by atoms with Gasteiger partial charge in [-0.2, -0.15) is 0 Å². The van der Waals surface area contributed by atoms with Crippen molar-refractivity contribution in [1.29, 1.82) is 0 Å². The van der Waals surface area contributed by atoms with Gasteiger partial charge in [0, 0.05) is 13.1 Å². The molecule has 1 aromatic rings. The third-order valence-corrected chi connectivity index (χ3v) is 3.29. The first-order chi connectivity index (χ1) is 9.15. The lowest BCUT2D eigenvalue weighted by atomic mass is 10.1. The third-order valence-electron chi connectivity index (χ3n) is 3.29. The minimum absolute atomic E-state index is 0.168. The molecule has 1 heterocycles. The van der Waals surface area contributed by atoms with Crippen LogP contribution >= 0.6 is 0 Å². The van der Waals surface area contributed by atoms with Crippen molar-refractivity contribution in [2.45, 2.75) is 13.0 Å². The molecule has 6 heteroatoms. The number of carbonyl (C=O) groups excluding carboxylic acids is 2. The van der Waals surface area contributed by atoms with Gasteiger partial charge in [0.2, 0.25) is 11.8 Å². The van der Waals surface area contributed by atoms with Crippen LogP contribution in [0, 0.1) is 5.92 Å². The molecule has 0 saturated carbocycles. The zero-order valence-electron chi connectivity index (χ0n) is 10.8. The average molecular weight is 263 g/mol. The van der Waals surface area contributed by atoms with Gasteiger partial charge < -0.3 is 9.64 Å². The lowest BCUT2D eigenvalue weighted by molar-refractivity contribution is -0.138. The number of nitrogens with zero attached hydrogens (tertiary/aromatic N) is 1. The average Bonchev–Trinajstić information content (AvgIpc) is 2.80. The van der Waals surface area contributed by atoms with E-state index < -0.39 is 11.8 Å². The summed E-state index contributed by atoms with van der Waals surface area (Å²) < 4.78 is 5.08. The summed E-state index contributed by atoms with van der Waals surface area (Å²) in [5.41, 5.74) is 3.04. The monoisotopic (exact) mass is 263 g/mol. The molecule has 1 aliphatic rings. The summed E-state index contributed by atoms with van der Waals surface area (Å²) in [6.07, 6.45) is 0.512. The van der Waals surface area contributed by atoms with Gasteiger partial charge in [0.25, 0.3) is 0 Å². The maximum absolute atomic E-state index is 12.0. The van der Waals surface area contributed by atoms with E-state index >= 15 is 0 Å². The van der Waals surface area contributed by atoms with E-state index in [9.17, 15) is 9.59 Å². The van der Waals surface area contributed by atoms with Crippen molar-refractivity contribution in [2.75, 3.05) is 13.7 Å². The SMILES string of the molecule is COc1ccc(CN2CCC(C(=O)NN)C2=O)cc1. The van der Waals surface area contributed by atoms with Gasteiger partial charge in [0.1, 0.15) is 11.7 Å². The van der Waals surface area contributed by atoms with E-state index in [1.807, 2.05) is 29.7 Å². The zero-order valence-corrected chi connectivity index (χ0v) is 10.8. The predicted molar refractivity (Wildman–Crippen MR) is 68.8 cm³/mol. The number of likely N-dealkylation sites (tertiary alicyclic amines) is 1. The molecule has 2 rings (SSSR count). The first-order valence-electron chi connectivity index (χ1n) is 6.08. The van der Waals surface area contributed by atoms with E-state index in [0.717, 1.165) is 11.3 Å². The first kappa shape index (κ1) is 13.4. The molecule has 2 amide bonds. The first-order valence-corrected chi connectivity index (χ1v) is 6.08. The van der Waals surface area contributed by atoms with Crippen LogP contribution in [0.4, 0.5) is 0 Å². The minimum atomic E-state index is -0.650. The van der Waals surface area contributed by atoms with Gasteiger partial charge in [-0.1, -0.05) is 12.1 Å². The molecule has 6 nitrogen and oxygen atoms in total. The van der Waals surface area contributed by atoms with E-state index in [4.69, 9.17) is 10.6 Å². The molecule has 1 aliphatic heterocycles. The fraction of sp³-hybridized carbons (Fsp3) is 0.385. The van der Waals surface area contributed by atoms with Gasteiger partial charge in [-0.05, 0) is 24.1 Å². The fourth-order valence-electron chi connectivity index (χ4n) is 2.19. The standard InChI is InChI=1S/C13H17N3O3/c1-19-10-4-2-9(3-5-10)8-16-7-6-11(13(16)18)12(17)15-14/h2-5,11H,6-8,14H2,1H3,(H,15,17). The van der Waals surface area contributed by atoms with Gasteiger partial charge >= 0.3 is 0 Å². The number of hydrogen-bond donors (Lipinski definition) is 2. The van der Waals surface area contributed by atoms with E-state index in [1.54, 1.807) is 12.0 Å². The Hall–Kier alpha value is -2.08. The Labute approximate surface area is 111 Å². The van der Waals surface area contributed by atoms with E-state index in [0.29, 0.717) is 19.5 Å². The normalized spacial score (nSPS) is 18.5. The highest BCUT2D eigenvalue weighted by atomic mass is 16.5. The van der Waals surface area contributed by atoms with Crippen LogP contribution in [0.1, 0.15) is 12.0 Å². The van der Waals surface area contributed by atoms with E-state index in [1.165, 1.54) is 0 Å². The van der Waals surface area contributed by atoms with Crippen LogP contribution < -0.4 is 16.0 Å². The van der Waals surface area contributed by atoms with Crippen LogP contribution in [0.2, 0.25) is 0 Å². The topological polar surface area (TPSA) is 84.7 Å². The maximum atomic E-state index is 12.0. The summed E-state index contributed by atoms with van der Waals surface area (Å²) in [6, 6.07) is 7.50. The Morgan fingerprint density at radius 2 is 2.16 bits per heavy atom. The molecule has 1 fully saturated rings. The Kier molecular flexibility index (Phi) is 4.01. The Bertz CT molecular complexity index is 473. The van der Waals surface area contributed by atoms with Crippen LogP contribution in [0.15, 0.2) is 24.3 Å². The molecule has 102 valence electrons. The number of methoxy groups -OCH3 is 1. The van der Waals surface area contributed by atoms with Crippen molar-refractivity contribution in [3.63, 3.8) is 0 Å². The number of hydrazine groups is 1. The molecule has 1 atom stereocenters. The molecular weight excluding hydrogens is 246 g/mol.